The van der Waals surface area contributed by atoms with Crippen LogP contribution in [0.4, 0.5) is 4.39 Å². The van der Waals surface area contributed by atoms with Crippen LogP contribution in [0, 0.1) is 17.1 Å². The van der Waals surface area contributed by atoms with Gasteiger partial charge in [-0.05, 0) is 38.3 Å². The summed E-state index contributed by atoms with van der Waals surface area (Å²) in [6, 6.07) is 5.18. The van der Waals surface area contributed by atoms with Crippen molar-refractivity contribution in [3.05, 3.63) is 29.6 Å². The highest BCUT2D eigenvalue weighted by Crippen LogP contribution is 2.27. The molecule has 0 amide bonds. The van der Waals surface area contributed by atoms with Crippen molar-refractivity contribution in [1.29, 1.82) is 5.26 Å². The van der Waals surface area contributed by atoms with Gasteiger partial charge in [0, 0.05) is 13.1 Å². The molecule has 0 aromatic heterocycles. The number of halogens is 1. The number of sulfonamides is 1. The van der Waals surface area contributed by atoms with E-state index in [2.05, 4.69) is 0 Å². The number of rotatable bonds is 2. The summed E-state index contributed by atoms with van der Waals surface area (Å²) in [5, 5.41) is 19.0. The Hall–Kier alpha value is -1.49. The standard InChI is InChI=1S/C14H17FN2O3S/c1-14(18)6-3-8-17(9-7-14)21(19,20)13-5-2-4-12(15)11(13)10-16/h2,4-5,18H,3,6-9H2,1H3. The van der Waals surface area contributed by atoms with E-state index in [0.717, 1.165) is 6.07 Å². The maximum atomic E-state index is 13.6. The molecule has 1 N–H and O–H groups in total. The maximum Gasteiger partial charge on any atom is 0.244 e. The molecule has 1 unspecified atom stereocenters. The highest BCUT2D eigenvalue weighted by atomic mass is 32.2. The predicted octanol–water partition coefficient (Wildman–Crippen LogP) is 1.62. The number of nitriles is 1. The molecule has 0 saturated carbocycles. The molecule has 0 spiro atoms. The van der Waals surface area contributed by atoms with E-state index in [9.17, 15) is 17.9 Å². The summed E-state index contributed by atoms with van der Waals surface area (Å²) < 4.78 is 40.0. The second-order valence-electron chi connectivity index (χ2n) is 5.48. The van der Waals surface area contributed by atoms with Crippen LogP contribution in [0.3, 0.4) is 0 Å². The molecule has 1 aliphatic rings. The first kappa shape index (κ1) is 15.9. The first-order chi connectivity index (χ1) is 9.78. The molecule has 0 aliphatic carbocycles. The Bertz CT molecular complexity index is 680. The van der Waals surface area contributed by atoms with Gasteiger partial charge in [-0.25, -0.2) is 12.8 Å². The van der Waals surface area contributed by atoms with Crippen LogP contribution in [0.25, 0.3) is 0 Å². The van der Waals surface area contributed by atoms with E-state index < -0.39 is 27.0 Å². The fourth-order valence-electron chi connectivity index (χ4n) is 2.45. The monoisotopic (exact) mass is 312 g/mol. The van der Waals surface area contributed by atoms with Gasteiger partial charge in [0.2, 0.25) is 10.0 Å². The Labute approximate surface area is 123 Å². The maximum absolute atomic E-state index is 13.6. The molecule has 114 valence electrons. The van der Waals surface area contributed by atoms with Gasteiger partial charge in [-0.2, -0.15) is 9.57 Å². The summed E-state index contributed by atoms with van der Waals surface area (Å²) in [5.74, 6) is -0.847. The number of hydrogen-bond acceptors (Lipinski definition) is 4. The Morgan fingerprint density at radius 2 is 2.10 bits per heavy atom. The fourth-order valence-corrected chi connectivity index (χ4v) is 4.08. The van der Waals surface area contributed by atoms with Crippen molar-refractivity contribution < 1.29 is 17.9 Å². The third-order valence-corrected chi connectivity index (χ3v) is 5.67. The van der Waals surface area contributed by atoms with E-state index in [0.29, 0.717) is 19.3 Å². The molecule has 5 nitrogen and oxygen atoms in total. The first-order valence-corrected chi connectivity index (χ1v) is 8.13. The van der Waals surface area contributed by atoms with Crippen LogP contribution < -0.4 is 0 Å². The number of hydrogen-bond donors (Lipinski definition) is 1. The zero-order chi connectivity index (χ0) is 15.7. The van der Waals surface area contributed by atoms with Gasteiger partial charge < -0.3 is 5.11 Å². The lowest BCUT2D eigenvalue weighted by Gasteiger charge is -2.22. The van der Waals surface area contributed by atoms with Crippen LogP contribution in [0.2, 0.25) is 0 Å². The third-order valence-electron chi connectivity index (χ3n) is 3.73. The normalized spacial score (nSPS) is 24.3. The van der Waals surface area contributed by atoms with E-state index in [-0.39, 0.29) is 18.0 Å². The topological polar surface area (TPSA) is 81.4 Å². The molecule has 1 aliphatic heterocycles. The molecule has 0 radical (unpaired) electrons. The van der Waals surface area contributed by atoms with Gasteiger partial charge in [0.1, 0.15) is 22.3 Å². The minimum absolute atomic E-state index is 0.150. The Kier molecular flexibility index (Phi) is 4.33. The van der Waals surface area contributed by atoms with E-state index in [1.807, 2.05) is 0 Å². The second-order valence-corrected chi connectivity index (χ2v) is 7.39. The third kappa shape index (κ3) is 3.23. The largest absolute Gasteiger partial charge is 0.390 e. The summed E-state index contributed by atoms with van der Waals surface area (Å²) in [4.78, 5) is -0.313. The van der Waals surface area contributed by atoms with Crippen LogP contribution in [-0.4, -0.2) is 36.5 Å². The molecule has 1 aromatic carbocycles. The molecule has 2 rings (SSSR count). The van der Waals surface area contributed by atoms with Crippen LogP contribution in [0.5, 0.6) is 0 Å². The SMILES string of the molecule is CC1(O)CCCN(S(=O)(=O)c2cccc(F)c2C#N)CC1. The Balaban J connectivity index is 2.39. The average molecular weight is 312 g/mol. The van der Waals surface area contributed by atoms with E-state index in [1.54, 1.807) is 13.0 Å². The molecule has 7 heteroatoms. The van der Waals surface area contributed by atoms with Crippen LogP contribution in [0.15, 0.2) is 23.1 Å². The lowest BCUT2D eigenvalue weighted by Crippen LogP contribution is -2.34. The van der Waals surface area contributed by atoms with Crippen molar-refractivity contribution in [2.75, 3.05) is 13.1 Å². The van der Waals surface area contributed by atoms with Crippen molar-refractivity contribution in [1.82, 2.24) is 4.31 Å². The molecule has 1 aromatic rings. The van der Waals surface area contributed by atoms with Crippen molar-refractivity contribution in [2.24, 2.45) is 0 Å². The van der Waals surface area contributed by atoms with Gasteiger partial charge in [-0.3, -0.25) is 0 Å². The van der Waals surface area contributed by atoms with Crippen molar-refractivity contribution in [3.63, 3.8) is 0 Å². The quantitative estimate of drug-likeness (QED) is 0.900. The number of aliphatic hydroxyl groups is 1. The van der Waals surface area contributed by atoms with Crippen molar-refractivity contribution in [2.45, 2.75) is 36.7 Å². The predicted molar refractivity (Wildman–Crippen MR) is 74.3 cm³/mol. The van der Waals surface area contributed by atoms with Gasteiger partial charge in [0.25, 0.3) is 0 Å². The molecule has 0 bridgehead atoms. The smallest absolute Gasteiger partial charge is 0.244 e. The highest BCUT2D eigenvalue weighted by Gasteiger charge is 2.33. The fraction of sp³-hybridized carbons (Fsp3) is 0.500. The number of benzene rings is 1. The van der Waals surface area contributed by atoms with Crippen LogP contribution in [0.1, 0.15) is 31.7 Å². The van der Waals surface area contributed by atoms with Gasteiger partial charge in [0.15, 0.2) is 0 Å². The second kappa shape index (κ2) is 5.72. The summed E-state index contributed by atoms with van der Waals surface area (Å²) in [6.45, 7) is 2.07. The van der Waals surface area contributed by atoms with Gasteiger partial charge in [0.05, 0.1) is 5.60 Å². The lowest BCUT2D eigenvalue weighted by atomic mass is 9.98. The average Bonchev–Trinajstić information content (AvgIpc) is 2.59. The molecule has 1 heterocycles. The molecule has 21 heavy (non-hydrogen) atoms. The number of nitrogens with zero attached hydrogens (tertiary/aromatic N) is 2. The van der Waals surface area contributed by atoms with Crippen LogP contribution >= 0.6 is 0 Å². The minimum atomic E-state index is -3.94. The first-order valence-electron chi connectivity index (χ1n) is 6.69. The van der Waals surface area contributed by atoms with Gasteiger partial charge in [-0.1, -0.05) is 6.07 Å². The Morgan fingerprint density at radius 1 is 1.38 bits per heavy atom. The van der Waals surface area contributed by atoms with Gasteiger partial charge in [-0.15, -0.1) is 0 Å². The van der Waals surface area contributed by atoms with Crippen molar-refractivity contribution in [3.8, 4) is 6.07 Å². The van der Waals surface area contributed by atoms with Crippen molar-refractivity contribution >= 4 is 10.0 Å². The summed E-state index contributed by atoms with van der Waals surface area (Å²) in [7, 11) is -3.94. The highest BCUT2D eigenvalue weighted by molar-refractivity contribution is 7.89. The summed E-state index contributed by atoms with van der Waals surface area (Å²) in [6.07, 6.45) is 1.33. The molecular weight excluding hydrogens is 295 g/mol. The van der Waals surface area contributed by atoms with E-state index >= 15 is 0 Å². The Morgan fingerprint density at radius 3 is 2.76 bits per heavy atom. The summed E-state index contributed by atoms with van der Waals surface area (Å²) in [5.41, 5.74) is -1.36. The lowest BCUT2D eigenvalue weighted by molar-refractivity contribution is 0.0465. The molecule has 1 saturated heterocycles. The summed E-state index contributed by atoms with van der Waals surface area (Å²) >= 11 is 0. The van der Waals surface area contributed by atoms with E-state index in [4.69, 9.17) is 5.26 Å². The molecular formula is C14H17FN2O3S. The van der Waals surface area contributed by atoms with E-state index in [1.165, 1.54) is 16.4 Å². The molecule has 1 fully saturated rings. The minimum Gasteiger partial charge on any atom is -0.390 e. The zero-order valence-corrected chi connectivity index (χ0v) is 12.5. The molecule has 1 atom stereocenters. The van der Waals surface area contributed by atoms with Crippen LogP contribution in [-0.2, 0) is 10.0 Å². The van der Waals surface area contributed by atoms with Gasteiger partial charge >= 0.3 is 0 Å². The zero-order valence-electron chi connectivity index (χ0n) is 11.7.